The van der Waals surface area contributed by atoms with E-state index >= 15 is 0 Å². The van der Waals surface area contributed by atoms with Crippen LogP contribution in [0.5, 0.6) is 0 Å². The third-order valence-corrected chi connectivity index (χ3v) is 7.47. The molecule has 4 nitrogen and oxygen atoms in total. The van der Waals surface area contributed by atoms with Gasteiger partial charge >= 0.3 is 5.97 Å². The van der Waals surface area contributed by atoms with Crippen LogP contribution in [-0.2, 0) is 9.59 Å². The average Bonchev–Trinajstić information content (AvgIpc) is 2.57. The van der Waals surface area contributed by atoms with Gasteiger partial charge in [-0.15, -0.1) is 0 Å². The van der Waals surface area contributed by atoms with Crippen LogP contribution in [0.1, 0.15) is 70.0 Å². The number of amides is 1. The molecule has 148 valence electrons. The number of piperidine rings is 1. The largest absolute Gasteiger partial charge is 0.481 e. The lowest BCUT2D eigenvalue weighted by Gasteiger charge is -2.53. The molecule has 27 heavy (non-hydrogen) atoms. The van der Waals surface area contributed by atoms with E-state index in [1.54, 1.807) is 0 Å². The minimum absolute atomic E-state index is 0.0112. The van der Waals surface area contributed by atoms with Gasteiger partial charge in [-0.3, -0.25) is 9.59 Å². The van der Waals surface area contributed by atoms with Crippen LogP contribution in [-0.4, -0.2) is 38.9 Å². The number of halogens is 1. The summed E-state index contributed by atoms with van der Waals surface area (Å²) in [4.78, 5) is 26.9. The number of aliphatic carboxylic acids is 1. The number of carboxylic acids is 1. The summed E-state index contributed by atoms with van der Waals surface area (Å²) in [7, 11) is 0. The molecule has 2 heterocycles. The van der Waals surface area contributed by atoms with E-state index in [1.807, 2.05) is 41.8 Å². The van der Waals surface area contributed by atoms with Gasteiger partial charge in [0.2, 0.25) is 5.91 Å². The summed E-state index contributed by atoms with van der Waals surface area (Å²) in [5.74, 6) is 0.0887. The van der Waals surface area contributed by atoms with Crippen LogP contribution in [0.4, 0.5) is 0 Å². The standard InChI is InChI=1S/C21H28ClNO3S/c1-12(2)27-11-18-13(3)16-9-14(22)5-6-15(16)17-7-8-21(4,10-19(24)25)20(26)23(17)18/h5-6,9,12-13,17-18H,7-8,10-11H2,1-4H3,(H,24,25)/t13?,17?,18?,21-/m1/s1. The molecule has 1 saturated heterocycles. The normalized spacial score (nSPS) is 30.2. The molecule has 4 atom stereocenters. The van der Waals surface area contributed by atoms with Crippen LogP contribution in [0.3, 0.4) is 0 Å². The molecular formula is C21H28ClNO3S. The number of rotatable bonds is 5. The smallest absolute Gasteiger partial charge is 0.304 e. The molecule has 1 amide bonds. The molecule has 1 aromatic carbocycles. The van der Waals surface area contributed by atoms with Crippen molar-refractivity contribution in [1.29, 1.82) is 0 Å². The summed E-state index contributed by atoms with van der Waals surface area (Å²) in [5, 5.41) is 10.5. The highest BCUT2D eigenvalue weighted by atomic mass is 35.5. The van der Waals surface area contributed by atoms with E-state index in [2.05, 4.69) is 20.8 Å². The summed E-state index contributed by atoms with van der Waals surface area (Å²) in [6.07, 6.45) is 1.28. The molecule has 3 unspecified atom stereocenters. The molecule has 0 saturated carbocycles. The molecule has 6 heteroatoms. The van der Waals surface area contributed by atoms with Gasteiger partial charge in [0.25, 0.3) is 0 Å². The fourth-order valence-corrected chi connectivity index (χ4v) is 5.76. The van der Waals surface area contributed by atoms with Crippen LogP contribution in [0.25, 0.3) is 0 Å². The van der Waals surface area contributed by atoms with Crippen molar-refractivity contribution < 1.29 is 14.7 Å². The van der Waals surface area contributed by atoms with Gasteiger partial charge in [0.1, 0.15) is 0 Å². The van der Waals surface area contributed by atoms with Gasteiger partial charge in [0, 0.05) is 22.7 Å². The maximum atomic E-state index is 13.5. The van der Waals surface area contributed by atoms with Crippen LogP contribution in [0, 0.1) is 5.41 Å². The molecule has 0 bridgehead atoms. The molecule has 1 aromatic rings. The lowest BCUT2D eigenvalue weighted by Crippen LogP contribution is -2.57. The van der Waals surface area contributed by atoms with Crippen molar-refractivity contribution in [3.05, 3.63) is 34.3 Å². The molecule has 0 radical (unpaired) electrons. The zero-order valence-electron chi connectivity index (χ0n) is 16.4. The maximum Gasteiger partial charge on any atom is 0.304 e. The zero-order chi connectivity index (χ0) is 19.9. The fourth-order valence-electron chi connectivity index (χ4n) is 4.55. The lowest BCUT2D eigenvalue weighted by molar-refractivity contribution is -0.159. The number of hydrogen-bond donors (Lipinski definition) is 1. The van der Waals surface area contributed by atoms with Crippen molar-refractivity contribution in [2.75, 3.05) is 5.75 Å². The summed E-state index contributed by atoms with van der Waals surface area (Å²) in [6, 6.07) is 6.05. The Morgan fingerprint density at radius 1 is 1.41 bits per heavy atom. The monoisotopic (exact) mass is 409 g/mol. The second kappa shape index (κ2) is 7.67. The number of nitrogens with zero attached hydrogens (tertiary/aromatic N) is 1. The second-order valence-corrected chi connectivity index (χ2v) is 10.5. The van der Waals surface area contributed by atoms with Crippen molar-refractivity contribution in [3.63, 3.8) is 0 Å². The fraction of sp³-hybridized carbons (Fsp3) is 0.619. The zero-order valence-corrected chi connectivity index (χ0v) is 17.9. The molecule has 0 aromatic heterocycles. The third kappa shape index (κ3) is 3.86. The second-order valence-electron chi connectivity index (χ2n) is 8.41. The quantitative estimate of drug-likeness (QED) is 0.733. The predicted octanol–water partition coefficient (Wildman–Crippen LogP) is 5.11. The van der Waals surface area contributed by atoms with Crippen molar-refractivity contribution in [2.24, 2.45) is 5.41 Å². The summed E-state index contributed by atoms with van der Waals surface area (Å²) < 4.78 is 0. The minimum Gasteiger partial charge on any atom is -0.481 e. The Kier molecular flexibility index (Phi) is 5.83. The highest BCUT2D eigenvalue weighted by Gasteiger charge is 2.51. The first-order valence-corrected chi connectivity index (χ1v) is 11.0. The van der Waals surface area contributed by atoms with Gasteiger partial charge in [0.15, 0.2) is 0 Å². The van der Waals surface area contributed by atoms with Gasteiger partial charge in [0.05, 0.1) is 17.9 Å². The molecule has 2 aliphatic rings. The van der Waals surface area contributed by atoms with Gasteiger partial charge in [-0.2, -0.15) is 11.8 Å². The summed E-state index contributed by atoms with van der Waals surface area (Å²) in [5.41, 5.74) is 1.57. The first kappa shape index (κ1) is 20.5. The Morgan fingerprint density at radius 3 is 2.74 bits per heavy atom. The Balaban J connectivity index is 2.03. The SMILES string of the molecule is CC(C)SCC1C(C)c2cc(Cl)ccc2C2CC[C@](C)(CC(=O)O)C(=O)N21. The van der Waals surface area contributed by atoms with Gasteiger partial charge < -0.3 is 10.0 Å². The third-order valence-electron chi connectivity index (χ3n) is 6.03. The van der Waals surface area contributed by atoms with E-state index in [1.165, 1.54) is 11.1 Å². The molecule has 1 N–H and O–H groups in total. The molecule has 3 rings (SSSR count). The van der Waals surface area contributed by atoms with Crippen molar-refractivity contribution in [3.8, 4) is 0 Å². The molecule has 2 aliphatic heterocycles. The van der Waals surface area contributed by atoms with E-state index in [0.29, 0.717) is 11.7 Å². The Bertz CT molecular complexity index is 753. The number of benzene rings is 1. The highest BCUT2D eigenvalue weighted by molar-refractivity contribution is 7.99. The van der Waals surface area contributed by atoms with Crippen molar-refractivity contribution >= 4 is 35.2 Å². The summed E-state index contributed by atoms with van der Waals surface area (Å²) >= 11 is 8.12. The Hall–Kier alpha value is -1.20. The number of carboxylic acid groups (broad SMARTS) is 1. The van der Waals surface area contributed by atoms with Crippen LogP contribution >= 0.6 is 23.4 Å². The van der Waals surface area contributed by atoms with E-state index in [4.69, 9.17) is 11.6 Å². The van der Waals surface area contributed by atoms with Crippen LogP contribution in [0.2, 0.25) is 5.02 Å². The molecule has 0 aliphatic carbocycles. The molecular weight excluding hydrogens is 382 g/mol. The van der Waals surface area contributed by atoms with Gasteiger partial charge in [-0.1, -0.05) is 45.4 Å². The highest BCUT2D eigenvalue weighted by Crippen LogP contribution is 2.51. The number of carbonyl (C=O) groups excluding carboxylic acids is 1. The summed E-state index contributed by atoms with van der Waals surface area (Å²) in [6.45, 7) is 8.29. The average molecular weight is 410 g/mol. The van der Waals surface area contributed by atoms with E-state index in [9.17, 15) is 14.7 Å². The van der Waals surface area contributed by atoms with Gasteiger partial charge in [-0.25, -0.2) is 0 Å². The van der Waals surface area contributed by atoms with Gasteiger partial charge in [-0.05, 0) is 41.4 Å². The molecule has 1 fully saturated rings. The number of hydrogen-bond acceptors (Lipinski definition) is 3. The topological polar surface area (TPSA) is 57.6 Å². The van der Waals surface area contributed by atoms with E-state index < -0.39 is 11.4 Å². The first-order valence-electron chi connectivity index (χ1n) is 9.59. The maximum absolute atomic E-state index is 13.5. The Labute approximate surface area is 170 Å². The van der Waals surface area contributed by atoms with Crippen LogP contribution in [0.15, 0.2) is 18.2 Å². The lowest BCUT2D eigenvalue weighted by atomic mass is 9.70. The number of fused-ring (bicyclic) bond motifs is 3. The van der Waals surface area contributed by atoms with Crippen molar-refractivity contribution in [1.82, 2.24) is 4.90 Å². The van der Waals surface area contributed by atoms with Crippen LogP contribution < -0.4 is 0 Å². The Morgan fingerprint density at radius 2 is 2.11 bits per heavy atom. The minimum atomic E-state index is -0.908. The molecule has 0 spiro atoms. The first-order chi connectivity index (χ1) is 12.6. The van der Waals surface area contributed by atoms with E-state index in [-0.39, 0.29) is 30.3 Å². The number of thioether (sulfide) groups is 1. The van der Waals surface area contributed by atoms with E-state index in [0.717, 1.165) is 17.2 Å². The predicted molar refractivity (Wildman–Crippen MR) is 110 cm³/mol. The number of carbonyl (C=O) groups is 2. The van der Waals surface area contributed by atoms with Crippen molar-refractivity contribution in [2.45, 2.75) is 70.2 Å².